The van der Waals surface area contributed by atoms with E-state index in [1.807, 2.05) is 23.1 Å². The minimum atomic E-state index is -0.153. The molecule has 2 aliphatic heterocycles. The largest absolute Gasteiger partial charge is 0.479 e. The van der Waals surface area contributed by atoms with E-state index in [-0.39, 0.29) is 18.6 Å². The molecule has 10 nitrogen and oxygen atoms in total. The Kier molecular flexibility index (Phi) is 6.60. The molecule has 0 spiro atoms. The van der Waals surface area contributed by atoms with Gasteiger partial charge in [-0.2, -0.15) is 0 Å². The van der Waals surface area contributed by atoms with Crippen LogP contribution in [0.25, 0.3) is 6.08 Å². The van der Waals surface area contributed by atoms with E-state index >= 15 is 0 Å². The third-order valence-corrected chi connectivity index (χ3v) is 5.43. The highest BCUT2D eigenvalue weighted by atomic mass is 16.7. The lowest BCUT2D eigenvalue weighted by Gasteiger charge is -2.34. The number of fused-ring (bicyclic) bond motifs is 1. The van der Waals surface area contributed by atoms with E-state index < -0.39 is 0 Å². The van der Waals surface area contributed by atoms with Crippen molar-refractivity contribution >= 4 is 17.9 Å². The Bertz CT molecular complexity index is 1010. The molecular weight excluding hydrogens is 414 g/mol. The first kappa shape index (κ1) is 21.7. The van der Waals surface area contributed by atoms with Gasteiger partial charge in [0.05, 0.1) is 7.11 Å². The van der Waals surface area contributed by atoms with Crippen molar-refractivity contribution in [2.75, 3.05) is 53.2 Å². The zero-order valence-corrected chi connectivity index (χ0v) is 18.2. The van der Waals surface area contributed by atoms with Crippen LogP contribution in [0.3, 0.4) is 0 Å². The van der Waals surface area contributed by atoms with Crippen molar-refractivity contribution < 1.29 is 23.8 Å². The minimum Gasteiger partial charge on any atom is -0.479 e. The van der Waals surface area contributed by atoms with Crippen molar-refractivity contribution in [3.8, 4) is 17.4 Å². The molecule has 3 heterocycles. The first-order valence-corrected chi connectivity index (χ1v) is 10.5. The monoisotopic (exact) mass is 441 g/mol. The van der Waals surface area contributed by atoms with Gasteiger partial charge >= 0.3 is 0 Å². The standard InChI is InChI=1S/C22H27N5O5/c1-25-14-17(21(24-25)30-2)22(29)27-11-9-26(10-12-27)8-7-23-20(28)6-4-16-3-5-18-19(13-16)32-15-31-18/h3-6,13-14H,7-12,15H2,1-2H3,(H,23,28)/b6-4+. The third-order valence-electron chi connectivity index (χ3n) is 5.43. The van der Waals surface area contributed by atoms with Gasteiger partial charge in [0, 0.05) is 58.6 Å². The second-order valence-corrected chi connectivity index (χ2v) is 7.60. The fourth-order valence-electron chi connectivity index (χ4n) is 3.70. The van der Waals surface area contributed by atoms with E-state index in [2.05, 4.69) is 15.3 Å². The molecule has 1 aromatic carbocycles. The highest BCUT2D eigenvalue weighted by Crippen LogP contribution is 2.32. The molecule has 4 rings (SSSR count). The third kappa shape index (κ3) is 5.02. The molecule has 1 fully saturated rings. The number of amides is 2. The molecule has 2 aliphatic rings. The second kappa shape index (κ2) is 9.73. The molecular formula is C22H27N5O5. The molecule has 170 valence electrons. The molecule has 0 atom stereocenters. The quantitative estimate of drug-likeness (QED) is 0.633. The van der Waals surface area contributed by atoms with Crippen LogP contribution in [0.2, 0.25) is 0 Å². The fourth-order valence-corrected chi connectivity index (χ4v) is 3.70. The molecule has 2 aromatic rings. The highest BCUT2D eigenvalue weighted by molar-refractivity contribution is 5.96. The van der Waals surface area contributed by atoms with E-state index in [4.69, 9.17) is 14.2 Å². The molecule has 0 bridgehead atoms. The maximum atomic E-state index is 12.7. The van der Waals surface area contributed by atoms with Crippen LogP contribution in [0.4, 0.5) is 0 Å². The summed E-state index contributed by atoms with van der Waals surface area (Å²) in [5, 5.41) is 7.04. The Labute approximate surface area is 186 Å². The zero-order valence-electron chi connectivity index (χ0n) is 18.2. The minimum absolute atomic E-state index is 0.0726. The number of hydrogen-bond donors (Lipinski definition) is 1. The van der Waals surface area contributed by atoms with Crippen molar-refractivity contribution in [3.05, 3.63) is 41.6 Å². The van der Waals surface area contributed by atoms with Gasteiger partial charge in [0.2, 0.25) is 18.6 Å². The number of piperazine rings is 1. The molecule has 10 heteroatoms. The molecule has 0 unspecified atom stereocenters. The first-order chi connectivity index (χ1) is 15.5. The molecule has 1 aromatic heterocycles. The van der Waals surface area contributed by atoms with Crippen molar-refractivity contribution in [2.45, 2.75) is 0 Å². The van der Waals surface area contributed by atoms with Crippen molar-refractivity contribution in [1.29, 1.82) is 0 Å². The van der Waals surface area contributed by atoms with E-state index in [1.165, 1.54) is 13.2 Å². The molecule has 2 amide bonds. The molecule has 1 saturated heterocycles. The van der Waals surface area contributed by atoms with Crippen molar-refractivity contribution in [2.24, 2.45) is 7.05 Å². The summed E-state index contributed by atoms with van der Waals surface area (Å²) < 4.78 is 17.4. The predicted octanol–water partition coefficient (Wildman–Crippen LogP) is 0.745. The Morgan fingerprint density at radius 3 is 2.75 bits per heavy atom. The number of aromatic nitrogens is 2. The molecule has 0 radical (unpaired) electrons. The number of hydrogen-bond acceptors (Lipinski definition) is 7. The Morgan fingerprint density at radius 2 is 1.97 bits per heavy atom. The predicted molar refractivity (Wildman–Crippen MR) is 117 cm³/mol. The van der Waals surface area contributed by atoms with Crippen LogP contribution in [0, 0.1) is 0 Å². The summed E-state index contributed by atoms with van der Waals surface area (Å²) in [6.45, 7) is 4.22. The van der Waals surface area contributed by atoms with Gasteiger partial charge in [0.15, 0.2) is 11.5 Å². The summed E-state index contributed by atoms with van der Waals surface area (Å²) in [5.74, 6) is 1.52. The average molecular weight is 441 g/mol. The molecule has 1 N–H and O–H groups in total. The lowest BCUT2D eigenvalue weighted by molar-refractivity contribution is -0.116. The summed E-state index contributed by atoms with van der Waals surface area (Å²) in [6, 6.07) is 5.54. The van der Waals surface area contributed by atoms with Crippen molar-refractivity contribution in [3.63, 3.8) is 0 Å². The van der Waals surface area contributed by atoms with Gasteiger partial charge in [0.1, 0.15) is 5.56 Å². The van der Waals surface area contributed by atoms with Crippen LogP contribution in [-0.4, -0.2) is 84.6 Å². The van der Waals surface area contributed by atoms with Gasteiger partial charge in [-0.15, -0.1) is 5.10 Å². The molecule has 32 heavy (non-hydrogen) atoms. The Hall–Kier alpha value is -3.53. The number of ether oxygens (including phenoxy) is 3. The van der Waals surface area contributed by atoms with Gasteiger partial charge in [-0.25, -0.2) is 0 Å². The number of carbonyl (C=O) groups excluding carboxylic acids is 2. The number of methoxy groups -OCH3 is 1. The normalized spacial score (nSPS) is 15.9. The summed E-state index contributed by atoms with van der Waals surface area (Å²) in [6.07, 6.45) is 4.93. The number of carbonyl (C=O) groups is 2. The van der Waals surface area contributed by atoms with Crippen LogP contribution in [0.5, 0.6) is 17.4 Å². The van der Waals surface area contributed by atoms with Crippen LogP contribution in [0.15, 0.2) is 30.5 Å². The van der Waals surface area contributed by atoms with Crippen LogP contribution < -0.4 is 19.5 Å². The highest BCUT2D eigenvalue weighted by Gasteiger charge is 2.26. The number of aryl methyl sites for hydroxylation is 1. The topological polar surface area (TPSA) is 98.2 Å². The average Bonchev–Trinajstić information content (AvgIpc) is 3.43. The Morgan fingerprint density at radius 1 is 1.19 bits per heavy atom. The van der Waals surface area contributed by atoms with Crippen LogP contribution in [-0.2, 0) is 11.8 Å². The zero-order chi connectivity index (χ0) is 22.5. The van der Waals surface area contributed by atoms with E-state index in [0.717, 1.165) is 25.2 Å². The number of benzene rings is 1. The van der Waals surface area contributed by atoms with Gasteiger partial charge in [-0.1, -0.05) is 6.07 Å². The molecule has 0 saturated carbocycles. The summed E-state index contributed by atoms with van der Waals surface area (Å²) >= 11 is 0. The SMILES string of the molecule is COc1nn(C)cc1C(=O)N1CCN(CCNC(=O)/C=C/c2ccc3c(c2)OCO3)CC1. The number of rotatable bonds is 7. The second-order valence-electron chi connectivity index (χ2n) is 7.60. The van der Waals surface area contributed by atoms with Gasteiger partial charge in [-0.3, -0.25) is 19.2 Å². The summed E-state index contributed by atoms with van der Waals surface area (Å²) in [7, 11) is 3.27. The van der Waals surface area contributed by atoms with Crippen molar-refractivity contribution in [1.82, 2.24) is 24.9 Å². The van der Waals surface area contributed by atoms with Crippen LogP contribution >= 0.6 is 0 Å². The lowest BCUT2D eigenvalue weighted by atomic mass is 10.2. The van der Waals surface area contributed by atoms with E-state index in [1.54, 1.807) is 24.0 Å². The first-order valence-electron chi connectivity index (χ1n) is 10.5. The van der Waals surface area contributed by atoms with Crippen LogP contribution in [0.1, 0.15) is 15.9 Å². The summed E-state index contributed by atoms with van der Waals surface area (Å²) in [4.78, 5) is 28.9. The van der Waals surface area contributed by atoms with E-state index in [0.29, 0.717) is 42.6 Å². The lowest BCUT2D eigenvalue weighted by Crippen LogP contribution is -2.50. The van der Waals surface area contributed by atoms with Gasteiger partial charge in [0.25, 0.3) is 5.91 Å². The smallest absolute Gasteiger partial charge is 0.261 e. The summed E-state index contributed by atoms with van der Waals surface area (Å²) in [5.41, 5.74) is 1.35. The maximum Gasteiger partial charge on any atom is 0.261 e. The van der Waals surface area contributed by atoms with Gasteiger partial charge in [-0.05, 0) is 23.8 Å². The fraction of sp³-hybridized carbons (Fsp3) is 0.409. The number of nitrogens with one attached hydrogen (secondary N) is 1. The molecule has 0 aliphatic carbocycles. The van der Waals surface area contributed by atoms with E-state index in [9.17, 15) is 9.59 Å². The number of nitrogens with zero attached hydrogens (tertiary/aromatic N) is 4. The Balaban J connectivity index is 1.18. The maximum absolute atomic E-state index is 12.7. The van der Waals surface area contributed by atoms with Gasteiger partial charge < -0.3 is 24.4 Å².